The van der Waals surface area contributed by atoms with Gasteiger partial charge in [-0.05, 0) is 58.2 Å². The van der Waals surface area contributed by atoms with Gasteiger partial charge in [0.2, 0.25) is 0 Å². The van der Waals surface area contributed by atoms with E-state index in [1.165, 1.54) is 0 Å². The van der Waals surface area contributed by atoms with E-state index in [2.05, 4.69) is 26.8 Å². The third-order valence-corrected chi connectivity index (χ3v) is 4.07. The lowest BCUT2D eigenvalue weighted by Crippen LogP contribution is -2.26. The van der Waals surface area contributed by atoms with Gasteiger partial charge in [-0.2, -0.15) is 0 Å². The predicted molar refractivity (Wildman–Crippen MR) is 96.4 cm³/mol. The molecule has 0 spiro atoms. The summed E-state index contributed by atoms with van der Waals surface area (Å²) in [6.07, 6.45) is 4.83. The van der Waals surface area contributed by atoms with Crippen molar-refractivity contribution in [3.05, 3.63) is 30.5 Å². The van der Waals surface area contributed by atoms with E-state index in [1.807, 2.05) is 37.4 Å². The predicted octanol–water partition coefficient (Wildman–Crippen LogP) is 3.74. The monoisotopic (exact) mass is 398 g/mol. The van der Waals surface area contributed by atoms with Crippen LogP contribution >= 0.6 is 20.7 Å². The van der Waals surface area contributed by atoms with E-state index in [0.717, 1.165) is 28.2 Å². The summed E-state index contributed by atoms with van der Waals surface area (Å²) in [6, 6.07) is 5.84. The molecule has 1 aliphatic rings. The molecule has 2 rings (SSSR count). The maximum absolute atomic E-state index is 5.74. The lowest BCUT2D eigenvalue weighted by molar-refractivity contribution is 0.105. The number of nitrogens with one attached hydrogen (secondary N) is 1. The molecule has 0 saturated heterocycles. The Balaban J connectivity index is 1.96. The Labute approximate surface area is 135 Å². The number of aliphatic imine (C=N–C) groups is 1. The largest absolute Gasteiger partial charge is 0.484 e. The Morgan fingerprint density at radius 2 is 2.43 bits per heavy atom. The second-order valence-electron chi connectivity index (χ2n) is 4.42. The molecule has 4 nitrogen and oxygen atoms in total. The Kier molecular flexibility index (Phi) is 6.54. The molecule has 112 valence electrons. The molecule has 0 amide bonds. The SMILES string of the molecule is CCC=C=NCI=C=CNc1cccc2c1OCC(C)O2. The molecule has 0 fully saturated rings. The highest BCUT2D eigenvalue weighted by molar-refractivity contribution is 14.2. The van der Waals surface area contributed by atoms with Crippen LogP contribution in [0.25, 0.3) is 0 Å². The van der Waals surface area contributed by atoms with Gasteiger partial charge >= 0.3 is 0 Å². The minimum Gasteiger partial charge on any atom is -0.484 e. The lowest BCUT2D eigenvalue weighted by atomic mass is 10.2. The van der Waals surface area contributed by atoms with Crippen molar-refractivity contribution in [2.45, 2.75) is 26.4 Å². The molecule has 5 heteroatoms. The molecule has 0 saturated carbocycles. The van der Waals surface area contributed by atoms with Crippen molar-refractivity contribution in [1.29, 1.82) is 0 Å². The van der Waals surface area contributed by atoms with Crippen LogP contribution in [0.5, 0.6) is 11.5 Å². The van der Waals surface area contributed by atoms with Gasteiger partial charge in [-0.25, -0.2) is 4.99 Å². The summed E-state index contributed by atoms with van der Waals surface area (Å²) in [4.78, 5) is 4.17. The Morgan fingerprint density at radius 3 is 3.29 bits per heavy atom. The number of ether oxygens (including phenoxy) is 2. The highest BCUT2D eigenvalue weighted by Crippen LogP contribution is 2.38. The number of alkyl halides is 1. The molecular weight excluding hydrogens is 379 g/mol. The number of benzene rings is 1. The van der Waals surface area contributed by atoms with Crippen LogP contribution in [0.15, 0.2) is 35.5 Å². The minimum atomic E-state index is -0.200. The summed E-state index contributed by atoms with van der Waals surface area (Å²) in [5.74, 6) is 4.47. The summed E-state index contributed by atoms with van der Waals surface area (Å²) >= 11 is -0.200. The van der Waals surface area contributed by atoms with Gasteiger partial charge in [0.1, 0.15) is 17.3 Å². The number of anilines is 1. The molecule has 21 heavy (non-hydrogen) atoms. The molecule has 1 unspecified atom stereocenters. The van der Waals surface area contributed by atoms with Crippen LogP contribution in [0.2, 0.25) is 0 Å². The summed E-state index contributed by atoms with van der Waals surface area (Å²) in [7, 11) is 0. The van der Waals surface area contributed by atoms with Crippen molar-refractivity contribution < 1.29 is 9.47 Å². The molecule has 1 aliphatic heterocycles. The maximum atomic E-state index is 5.74. The number of fused-ring (bicyclic) bond motifs is 1. The number of halogens is 1. The summed E-state index contributed by atoms with van der Waals surface area (Å²) in [6.45, 7) is 4.64. The smallest absolute Gasteiger partial charge is 0.184 e. The lowest BCUT2D eigenvalue weighted by Gasteiger charge is -2.25. The van der Waals surface area contributed by atoms with Crippen molar-refractivity contribution >= 4 is 36.0 Å². The van der Waals surface area contributed by atoms with E-state index in [4.69, 9.17) is 9.47 Å². The average molecular weight is 398 g/mol. The maximum Gasteiger partial charge on any atom is 0.184 e. The van der Waals surface area contributed by atoms with Gasteiger partial charge < -0.3 is 14.8 Å². The van der Waals surface area contributed by atoms with Gasteiger partial charge in [0.05, 0.1) is 11.9 Å². The fraction of sp³-hybridized carbons (Fsp3) is 0.375. The normalized spacial score (nSPS) is 15.4. The quantitative estimate of drug-likeness (QED) is 0.356. The van der Waals surface area contributed by atoms with Gasteiger partial charge in [0.15, 0.2) is 11.5 Å². The van der Waals surface area contributed by atoms with E-state index in [1.54, 1.807) is 0 Å². The summed E-state index contributed by atoms with van der Waals surface area (Å²) in [5, 5.41) is 3.21. The van der Waals surface area contributed by atoms with Crippen molar-refractivity contribution in [3.8, 4) is 11.5 Å². The van der Waals surface area contributed by atoms with Crippen LogP contribution in [-0.2, 0) is 0 Å². The van der Waals surface area contributed by atoms with E-state index < -0.39 is 0 Å². The number of hydrogen-bond acceptors (Lipinski definition) is 4. The second kappa shape index (κ2) is 8.67. The molecule has 1 heterocycles. The number of allylic oxidation sites excluding steroid dienone is 1. The summed E-state index contributed by atoms with van der Waals surface area (Å²) < 4.78 is 15.5. The zero-order valence-electron chi connectivity index (χ0n) is 12.2. The minimum absolute atomic E-state index is 0.0924. The van der Waals surface area contributed by atoms with Gasteiger partial charge in [-0.1, -0.05) is 16.7 Å². The third kappa shape index (κ3) is 5.05. The molecular formula is C16H19IN2O2. The van der Waals surface area contributed by atoms with Crippen LogP contribution in [0.3, 0.4) is 0 Å². The van der Waals surface area contributed by atoms with Gasteiger partial charge in [0, 0.05) is 0 Å². The number of nitrogens with zero attached hydrogens (tertiary/aromatic N) is 1. The Bertz CT molecular complexity index is 600. The summed E-state index contributed by atoms with van der Waals surface area (Å²) in [5.41, 5.74) is 0.908. The number of rotatable bonds is 5. The molecule has 0 aromatic heterocycles. The fourth-order valence-electron chi connectivity index (χ4n) is 1.72. The average Bonchev–Trinajstić information content (AvgIpc) is 2.49. The van der Waals surface area contributed by atoms with Crippen molar-refractivity contribution in [2.24, 2.45) is 4.99 Å². The van der Waals surface area contributed by atoms with Crippen molar-refractivity contribution in [2.75, 3.05) is 16.5 Å². The highest BCUT2D eigenvalue weighted by atomic mass is 127. The standard InChI is InChI=1S/C16H19IN2O2/c1-3-4-9-18-12-17-8-10-19-14-6-5-7-15-16(14)20-11-13(2)21-15/h4-7,10,13,19H,3,11-12H2,1-2H3. The molecule has 1 N–H and O–H groups in total. The van der Waals surface area contributed by atoms with Crippen LogP contribution in [0.4, 0.5) is 5.69 Å². The zero-order valence-corrected chi connectivity index (χ0v) is 14.4. The fourth-order valence-corrected chi connectivity index (χ4v) is 2.66. The Morgan fingerprint density at radius 1 is 1.52 bits per heavy atom. The van der Waals surface area contributed by atoms with Crippen molar-refractivity contribution in [1.82, 2.24) is 0 Å². The molecule has 0 bridgehead atoms. The molecule has 1 atom stereocenters. The third-order valence-electron chi connectivity index (χ3n) is 2.64. The van der Waals surface area contributed by atoms with Crippen LogP contribution in [0.1, 0.15) is 20.3 Å². The topological polar surface area (TPSA) is 42.9 Å². The first-order chi connectivity index (χ1) is 10.3. The first-order valence-electron chi connectivity index (χ1n) is 6.89. The first kappa shape index (κ1) is 15.8. The van der Waals surface area contributed by atoms with E-state index in [9.17, 15) is 0 Å². The first-order valence-corrected chi connectivity index (χ1v) is 9.49. The highest BCUT2D eigenvalue weighted by Gasteiger charge is 2.19. The molecule has 1 aromatic rings. The van der Waals surface area contributed by atoms with Crippen LogP contribution in [-0.4, -0.2) is 26.8 Å². The molecule has 1 aromatic carbocycles. The number of hydrogen-bond donors (Lipinski definition) is 1. The molecule has 0 radical (unpaired) electrons. The van der Waals surface area contributed by atoms with Gasteiger partial charge in [0.25, 0.3) is 0 Å². The zero-order chi connectivity index (χ0) is 14.9. The second-order valence-corrected chi connectivity index (χ2v) is 6.49. The van der Waals surface area contributed by atoms with E-state index >= 15 is 0 Å². The van der Waals surface area contributed by atoms with Gasteiger partial charge in [-0.3, -0.25) is 0 Å². The van der Waals surface area contributed by atoms with E-state index in [0.29, 0.717) is 6.61 Å². The van der Waals surface area contributed by atoms with Crippen LogP contribution in [0, 0.1) is 0 Å². The van der Waals surface area contributed by atoms with E-state index in [-0.39, 0.29) is 26.8 Å². The Hall–Kier alpha value is -1.55. The van der Waals surface area contributed by atoms with Gasteiger partial charge in [-0.15, -0.1) is 0 Å². The number of para-hydroxylation sites is 1. The molecule has 0 aliphatic carbocycles. The van der Waals surface area contributed by atoms with Crippen LogP contribution < -0.4 is 14.8 Å². The van der Waals surface area contributed by atoms with Crippen molar-refractivity contribution in [3.63, 3.8) is 0 Å².